The summed E-state index contributed by atoms with van der Waals surface area (Å²) in [5.41, 5.74) is 0.450. The Bertz CT molecular complexity index is 857. The van der Waals surface area contributed by atoms with Crippen molar-refractivity contribution in [3.05, 3.63) is 58.0 Å². The highest BCUT2D eigenvalue weighted by atomic mass is 35.5. The quantitative estimate of drug-likeness (QED) is 0.780. The molecule has 25 heavy (non-hydrogen) atoms. The van der Waals surface area contributed by atoms with Crippen molar-refractivity contribution in [3.8, 4) is 0 Å². The molecule has 1 amide bonds. The first-order valence-electron chi connectivity index (χ1n) is 7.85. The highest BCUT2D eigenvalue weighted by Crippen LogP contribution is 2.26. The molecule has 3 rings (SSSR count). The third kappa shape index (κ3) is 4.19. The average Bonchev–Trinajstić information content (AvgIpc) is 3.09. The predicted molar refractivity (Wildman–Crippen MR) is 96.7 cm³/mol. The Balaban J connectivity index is 1.63. The molecule has 134 valence electrons. The summed E-state index contributed by atoms with van der Waals surface area (Å²) in [5.74, 6) is 0.167. The van der Waals surface area contributed by atoms with E-state index < -0.39 is 15.1 Å². The highest BCUT2D eigenvalue weighted by molar-refractivity contribution is 7.91. The molecule has 0 radical (unpaired) electrons. The van der Waals surface area contributed by atoms with Crippen LogP contribution < -0.4 is 0 Å². The summed E-state index contributed by atoms with van der Waals surface area (Å²) in [6.07, 6.45) is 2.29. The summed E-state index contributed by atoms with van der Waals surface area (Å²) in [6.45, 7) is 0.780. The first-order valence-corrected chi connectivity index (χ1v) is 10.3. The highest BCUT2D eigenvalue weighted by Gasteiger charge is 2.32. The first kappa shape index (κ1) is 18.3. The second kappa shape index (κ2) is 7.40. The maximum atomic E-state index is 12.5. The van der Waals surface area contributed by atoms with Gasteiger partial charge in [0.15, 0.2) is 9.84 Å². The van der Waals surface area contributed by atoms with Crippen LogP contribution >= 0.6 is 23.2 Å². The van der Waals surface area contributed by atoms with Gasteiger partial charge >= 0.3 is 0 Å². The molecule has 1 fully saturated rings. The molecule has 2 aromatic rings. The van der Waals surface area contributed by atoms with Crippen molar-refractivity contribution in [2.24, 2.45) is 0 Å². The van der Waals surface area contributed by atoms with Crippen LogP contribution in [0, 0.1) is 0 Å². The van der Waals surface area contributed by atoms with Gasteiger partial charge in [-0.25, -0.2) is 8.42 Å². The number of nitrogens with zero attached hydrogens (tertiary/aromatic N) is 1. The molecule has 0 N–H and O–H groups in total. The van der Waals surface area contributed by atoms with Gasteiger partial charge in [0.1, 0.15) is 11.5 Å². The molecule has 1 aliphatic heterocycles. The van der Waals surface area contributed by atoms with E-state index >= 15 is 0 Å². The Kier molecular flexibility index (Phi) is 5.41. The molecule has 0 bridgehead atoms. The number of likely N-dealkylation sites (tertiary alicyclic amines) is 1. The fourth-order valence-corrected chi connectivity index (χ4v) is 4.96. The van der Waals surface area contributed by atoms with E-state index in [1.54, 1.807) is 29.2 Å². The van der Waals surface area contributed by atoms with Crippen LogP contribution in [0.2, 0.25) is 10.0 Å². The van der Waals surface area contributed by atoms with Crippen molar-refractivity contribution in [3.63, 3.8) is 0 Å². The molecule has 1 saturated heterocycles. The van der Waals surface area contributed by atoms with Gasteiger partial charge in [-0.2, -0.15) is 0 Å². The molecular formula is C17H17Cl2NO4S. The Morgan fingerprint density at radius 1 is 1.16 bits per heavy atom. The van der Waals surface area contributed by atoms with E-state index in [0.29, 0.717) is 47.3 Å². The molecule has 1 aromatic carbocycles. The lowest BCUT2D eigenvalue weighted by Crippen LogP contribution is -2.42. The number of hydrogen-bond acceptors (Lipinski definition) is 4. The van der Waals surface area contributed by atoms with Crippen LogP contribution in [0.4, 0.5) is 0 Å². The fraction of sp³-hybridized carbons (Fsp3) is 0.353. The van der Waals surface area contributed by atoms with Crippen molar-refractivity contribution in [2.75, 3.05) is 13.1 Å². The van der Waals surface area contributed by atoms with E-state index in [-0.39, 0.29) is 11.7 Å². The van der Waals surface area contributed by atoms with Crippen LogP contribution in [0.25, 0.3) is 0 Å². The Morgan fingerprint density at radius 3 is 2.48 bits per heavy atom. The minimum atomic E-state index is -3.30. The third-order valence-electron chi connectivity index (χ3n) is 4.33. The minimum absolute atomic E-state index is 0.106. The van der Waals surface area contributed by atoms with Crippen molar-refractivity contribution in [1.29, 1.82) is 0 Å². The number of benzene rings is 1. The zero-order valence-electron chi connectivity index (χ0n) is 13.3. The molecule has 0 spiro atoms. The van der Waals surface area contributed by atoms with Crippen LogP contribution in [0.15, 0.2) is 41.0 Å². The van der Waals surface area contributed by atoms with E-state index in [4.69, 9.17) is 27.6 Å². The van der Waals surface area contributed by atoms with Gasteiger partial charge in [0, 0.05) is 18.7 Å². The number of piperidine rings is 1. The topological polar surface area (TPSA) is 67.6 Å². The number of carbonyl (C=O) groups is 1. The van der Waals surface area contributed by atoms with E-state index in [0.717, 1.165) is 0 Å². The molecule has 0 aliphatic carbocycles. The van der Waals surface area contributed by atoms with E-state index in [2.05, 4.69) is 0 Å². The number of amides is 1. The van der Waals surface area contributed by atoms with E-state index in [1.807, 2.05) is 0 Å². The SMILES string of the molecule is O=C(c1ccc(Cl)c(Cl)c1)N1CCC(S(=O)(=O)Cc2ccco2)CC1. The largest absolute Gasteiger partial charge is 0.468 e. The number of carbonyl (C=O) groups excluding carboxylic acids is 1. The van der Waals surface area contributed by atoms with Gasteiger partial charge in [0.2, 0.25) is 0 Å². The molecule has 0 unspecified atom stereocenters. The Labute approximate surface area is 156 Å². The normalized spacial score (nSPS) is 16.2. The summed E-state index contributed by atoms with van der Waals surface area (Å²) in [7, 11) is -3.30. The molecule has 1 aliphatic rings. The molecule has 1 aromatic heterocycles. The summed E-state index contributed by atoms with van der Waals surface area (Å²) in [4.78, 5) is 14.2. The number of rotatable bonds is 4. The number of furan rings is 1. The van der Waals surface area contributed by atoms with E-state index in [1.165, 1.54) is 12.3 Å². The van der Waals surface area contributed by atoms with Gasteiger partial charge in [-0.1, -0.05) is 23.2 Å². The lowest BCUT2D eigenvalue weighted by atomic mass is 10.1. The summed E-state index contributed by atoms with van der Waals surface area (Å²) >= 11 is 11.8. The van der Waals surface area contributed by atoms with Gasteiger partial charge in [-0.15, -0.1) is 0 Å². The van der Waals surface area contributed by atoms with Crippen LogP contribution in [0.5, 0.6) is 0 Å². The average molecular weight is 402 g/mol. The van der Waals surface area contributed by atoms with Crippen LogP contribution in [-0.4, -0.2) is 37.6 Å². The molecule has 0 saturated carbocycles. The maximum absolute atomic E-state index is 12.5. The van der Waals surface area contributed by atoms with Crippen LogP contribution in [0.1, 0.15) is 29.0 Å². The zero-order chi connectivity index (χ0) is 18.0. The maximum Gasteiger partial charge on any atom is 0.253 e. The van der Waals surface area contributed by atoms with Gasteiger partial charge in [-0.05, 0) is 43.2 Å². The molecule has 5 nitrogen and oxygen atoms in total. The third-order valence-corrected chi connectivity index (χ3v) is 7.24. The van der Waals surface area contributed by atoms with Crippen molar-refractivity contribution >= 4 is 38.9 Å². The first-order chi connectivity index (χ1) is 11.9. The fourth-order valence-electron chi connectivity index (χ4n) is 2.94. The van der Waals surface area contributed by atoms with Crippen molar-refractivity contribution < 1.29 is 17.6 Å². The second-order valence-electron chi connectivity index (χ2n) is 6.01. The molecule has 0 atom stereocenters. The number of sulfone groups is 1. The van der Waals surface area contributed by atoms with Gasteiger partial charge < -0.3 is 9.32 Å². The zero-order valence-corrected chi connectivity index (χ0v) is 15.6. The minimum Gasteiger partial charge on any atom is -0.468 e. The number of halogens is 2. The van der Waals surface area contributed by atoms with Gasteiger partial charge in [0.05, 0.1) is 21.6 Å². The monoisotopic (exact) mass is 401 g/mol. The summed E-state index contributed by atoms with van der Waals surface area (Å²) in [5, 5.41) is 0.250. The second-order valence-corrected chi connectivity index (χ2v) is 9.10. The summed E-state index contributed by atoms with van der Waals surface area (Å²) in [6, 6.07) is 8.06. The molecular weight excluding hydrogens is 385 g/mol. The van der Waals surface area contributed by atoms with Gasteiger partial charge in [0.25, 0.3) is 5.91 Å². The summed E-state index contributed by atoms with van der Waals surface area (Å²) < 4.78 is 30.1. The van der Waals surface area contributed by atoms with Crippen molar-refractivity contribution in [2.45, 2.75) is 23.8 Å². The number of hydrogen-bond donors (Lipinski definition) is 0. The van der Waals surface area contributed by atoms with Crippen LogP contribution in [0.3, 0.4) is 0 Å². The Hall–Kier alpha value is -1.50. The predicted octanol–water partition coefficient (Wildman–Crippen LogP) is 3.81. The van der Waals surface area contributed by atoms with Crippen molar-refractivity contribution in [1.82, 2.24) is 4.90 Å². The van der Waals surface area contributed by atoms with Gasteiger partial charge in [-0.3, -0.25) is 4.79 Å². The van der Waals surface area contributed by atoms with E-state index in [9.17, 15) is 13.2 Å². The lowest BCUT2D eigenvalue weighted by Gasteiger charge is -2.31. The smallest absolute Gasteiger partial charge is 0.253 e. The lowest BCUT2D eigenvalue weighted by molar-refractivity contribution is 0.0725. The van der Waals surface area contributed by atoms with Crippen LogP contribution in [-0.2, 0) is 15.6 Å². The molecule has 8 heteroatoms. The molecule has 2 heterocycles. The standard InChI is InChI=1S/C17H17Cl2NO4S/c18-15-4-3-12(10-16(15)19)17(21)20-7-5-14(6-8-20)25(22,23)11-13-2-1-9-24-13/h1-4,9-10,14H,5-8,11H2. The Morgan fingerprint density at radius 2 is 1.88 bits per heavy atom.